The van der Waals surface area contributed by atoms with Gasteiger partial charge in [-0.25, -0.2) is 4.39 Å². The van der Waals surface area contributed by atoms with E-state index in [2.05, 4.69) is 10.3 Å². The summed E-state index contributed by atoms with van der Waals surface area (Å²) < 4.78 is 18.7. The van der Waals surface area contributed by atoms with Gasteiger partial charge in [0.1, 0.15) is 11.6 Å². The Morgan fingerprint density at radius 2 is 1.93 bits per heavy atom. The summed E-state index contributed by atoms with van der Waals surface area (Å²) in [5, 5.41) is 3.73. The van der Waals surface area contributed by atoms with Crippen molar-refractivity contribution in [3.63, 3.8) is 0 Å². The van der Waals surface area contributed by atoms with E-state index in [1.54, 1.807) is 31.4 Å². The third-order valence-electron chi connectivity index (χ3n) is 4.65. The molecular formula is C22H23FN2O3. The lowest BCUT2D eigenvalue weighted by atomic mass is 10.1. The Bertz CT molecular complexity index is 1030. The molecule has 0 spiro atoms. The maximum absolute atomic E-state index is 13.6. The zero-order valence-electron chi connectivity index (χ0n) is 15.8. The molecule has 0 saturated carbocycles. The fourth-order valence-electron chi connectivity index (χ4n) is 3.10. The number of aromatic nitrogens is 1. The molecule has 0 unspecified atom stereocenters. The van der Waals surface area contributed by atoms with Crippen LogP contribution in [-0.2, 0) is 17.6 Å². The Labute approximate surface area is 162 Å². The second kappa shape index (κ2) is 9.17. The molecule has 1 amide bonds. The van der Waals surface area contributed by atoms with Gasteiger partial charge in [0, 0.05) is 24.6 Å². The van der Waals surface area contributed by atoms with E-state index in [0.29, 0.717) is 54.6 Å². The summed E-state index contributed by atoms with van der Waals surface area (Å²) >= 11 is 0. The SMILES string of the molecule is COc1ccc2cc(CCNC(=O)CCCc3ccccc3F)c(=O)[nH]c2c1. The van der Waals surface area contributed by atoms with Gasteiger partial charge in [-0.1, -0.05) is 18.2 Å². The van der Waals surface area contributed by atoms with Gasteiger partial charge in [-0.05, 0) is 54.5 Å². The Kier molecular flexibility index (Phi) is 6.42. The fourth-order valence-corrected chi connectivity index (χ4v) is 3.10. The van der Waals surface area contributed by atoms with Crippen LogP contribution in [0.5, 0.6) is 5.75 Å². The van der Waals surface area contributed by atoms with Crippen LogP contribution < -0.4 is 15.6 Å². The van der Waals surface area contributed by atoms with Crippen LogP contribution in [0.15, 0.2) is 53.3 Å². The lowest BCUT2D eigenvalue weighted by Crippen LogP contribution is -2.27. The van der Waals surface area contributed by atoms with Crippen LogP contribution in [0, 0.1) is 5.82 Å². The van der Waals surface area contributed by atoms with Crippen LogP contribution in [-0.4, -0.2) is 24.5 Å². The molecule has 1 heterocycles. The standard InChI is InChI=1S/C22H23FN2O3/c1-28-18-10-9-16-13-17(22(27)25-20(16)14-18)11-12-24-21(26)8-4-6-15-5-2-3-7-19(15)23/h2-3,5,7,9-10,13-14H,4,6,8,11-12H2,1H3,(H,24,26)(H,25,27). The van der Waals surface area contributed by atoms with E-state index in [-0.39, 0.29) is 17.3 Å². The second-order valence-electron chi connectivity index (χ2n) is 6.62. The molecule has 0 fully saturated rings. The van der Waals surface area contributed by atoms with Gasteiger partial charge < -0.3 is 15.0 Å². The van der Waals surface area contributed by atoms with Crippen LogP contribution in [0.3, 0.4) is 0 Å². The van der Waals surface area contributed by atoms with Gasteiger partial charge in [0.25, 0.3) is 5.56 Å². The molecule has 6 heteroatoms. The van der Waals surface area contributed by atoms with Gasteiger partial charge in [-0.3, -0.25) is 9.59 Å². The predicted octanol–water partition coefficient (Wildman–Crippen LogP) is 3.36. The lowest BCUT2D eigenvalue weighted by Gasteiger charge is -2.07. The number of carbonyl (C=O) groups excluding carboxylic acids is 1. The maximum atomic E-state index is 13.6. The number of amides is 1. The molecule has 2 N–H and O–H groups in total. The van der Waals surface area contributed by atoms with Crippen LogP contribution in [0.25, 0.3) is 10.9 Å². The number of hydrogen-bond donors (Lipinski definition) is 2. The van der Waals surface area contributed by atoms with Gasteiger partial charge in [0.05, 0.1) is 12.6 Å². The van der Waals surface area contributed by atoms with Crippen molar-refractivity contribution in [2.24, 2.45) is 0 Å². The summed E-state index contributed by atoms with van der Waals surface area (Å²) in [6.07, 6.45) is 1.86. The smallest absolute Gasteiger partial charge is 0.251 e. The van der Waals surface area contributed by atoms with Crippen LogP contribution in [0.1, 0.15) is 24.0 Å². The fraction of sp³-hybridized carbons (Fsp3) is 0.273. The summed E-state index contributed by atoms with van der Waals surface area (Å²) in [5.74, 6) is 0.341. The molecule has 0 aliphatic heterocycles. The molecule has 5 nitrogen and oxygen atoms in total. The Morgan fingerprint density at radius 1 is 1.11 bits per heavy atom. The number of aryl methyl sites for hydroxylation is 1. The molecule has 0 atom stereocenters. The number of nitrogens with one attached hydrogen (secondary N) is 2. The third-order valence-corrected chi connectivity index (χ3v) is 4.65. The molecule has 0 saturated heterocycles. The molecule has 1 aromatic heterocycles. The second-order valence-corrected chi connectivity index (χ2v) is 6.62. The Balaban J connectivity index is 1.49. The number of pyridine rings is 1. The molecule has 0 aliphatic rings. The van der Waals surface area contributed by atoms with Gasteiger partial charge in [0.2, 0.25) is 5.91 Å². The van der Waals surface area contributed by atoms with Gasteiger partial charge in [0.15, 0.2) is 0 Å². The zero-order valence-corrected chi connectivity index (χ0v) is 15.8. The van der Waals surface area contributed by atoms with Crippen molar-refractivity contribution < 1.29 is 13.9 Å². The van der Waals surface area contributed by atoms with Crippen LogP contribution in [0.2, 0.25) is 0 Å². The minimum absolute atomic E-state index is 0.0988. The molecule has 3 rings (SSSR count). The third kappa shape index (κ3) is 4.97. The summed E-state index contributed by atoms with van der Waals surface area (Å²) in [4.78, 5) is 27.0. The number of aromatic amines is 1. The van der Waals surface area contributed by atoms with Crippen LogP contribution in [0.4, 0.5) is 4.39 Å². The summed E-state index contributed by atoms with van der Waals surface area (Å²) in [5.41, 5.74) is 1.78. The lowest BCUT2D eigenvalue weighted by molar-refractivity contribution is -0.121. The molecule has 146 valence electrons. The zero-order chi connectivity index (χ0) is 19.9. The molecule has 3 aromatic rings. The van der Waals surface area contributed by atoms with Gasteiger partial charge in [-0.2, -0.15) is 0 Å². The number of fused-ring (bicyclic) bond motifs is 1. The average molecular weight is 382 g/mol. The predicted molar refractivity (Wildman–Crippen MR) is 107 cm³/mol. The number of halogens is 1. The molecule has 2 aromatic carbocycles. The number of H-pyrrole nitrogens is 1. The highest BCUT2D eigenvalue weighted by Crippen LogP contribution is 2.18. The number of ether oxygens (including phenoxy) is 1. The maximum Gasteiger partial charge on any atom is 0.251 e. The molecule has 28 heavy (non-hydrogen) atoms. The van der Waals surface area contributed by atoms with Crippen molar-refractivity contribution in [2.75, 3.05) is 13.7 Å². The highest BCUT2D eigenvalue weighted by atomic mass is 19.1. The van der Waals surface area contributed by atoms with E-state index >= 15 is 0 Å². The van der Waals surface area contributed by atoms with E-state index in [4.69, 9.17) is 4.74 Å². The van der Waals surface area contributed by atoms with Crippen molar-refractivity contribution >= 4 is 16.8 Å². The first-order valence-electron chi connectivity index (χ1n) is 9.27. The monoisotopic (exact) mass is 382 g/mol. The number of rotatable bonds is 8. The van der Waals surface area contributed by atoms with Crippen LogP contribution >= 0.6 is 0 Å². The first-order valence-corrected chi connectivity index (χ1v) is 9.27. The van der Waals surface area contributed by atoms with E-state index in [1.165, 1.54) is 6.07 Å². The highest BCUT2D eigenvalue weighted by Gasteiger charge is 2.07. The van der Waals surface area contributed by atoms with Crippen molar-refractivity contribution in [1.82, 2.24) is 10.3 Å². The normalized spacial score (nSPS) is 10.8. The van der Waals surface area contributed by atoms with Gasteiger partial charge in [-0.15, -0.1) is 0 Å². The first-order chi connectivity index (χ1) is 13.6. The topological polar surface area (TPSA) is 71.2 Å². The number of benzene rings is 2. The highest BCUT2D eigenvalue weighted by molar-refractivity contribution is 5.80. The summed E-state index contributed by atoms with van der Waals surface area (Å²) in [6.45, 7) is 0.378. The summed E-state index contributed by atoms with van der Waals surface area (Å²) in [6, 6.07) is 13.9. The number of hydrogen-bond acceptors (Lipinski definition) is 3. The Hall–Kier alpha value is -3.15. The molecule has 0 bridgehead atoms. The number of carbonyl (C=O) groups is 1. The van der Waals surface area contributed by atoms with Crippen molar-refractivity contribution in [3.05, 3.63) is 75.8 Å². The van der Waals surface area contributed by atoms with Crippen molar-refractivity contribution in [1.29, 1.82) is 0 Å². The van der Waals surface area contributed by atoms with E-state index in [9.17, 15) is 14.0 Å². The molecular weight excluding hydrogens is 359 g/mol. The quantitative estimate of drug-likeness (QED) is 0.628. The van der Waals surface area contributed by atoms with Crippen molar-refractivity contribution in [3.8, 4) is 5.75 Å². The van der Waals surface area contributed by atoms with Crippen molar-refractivity contribution in [2.45, 2.75) is 25.7 Å². The van der Waals surface area contributed by atoms with E-state index < -0.39 is 0 Å². The van der Waals surface area contributed by atoms with E-state index in [1.807, 2.05) is 18.2 Å². The first kappa shape index (κ1) is 19.6. The average Bonchev–Trinajstić information content (AvgIpc) is 2.69. The molecule has 0 radical (unpaired) electrons. The number of methoxy groups -OCH3 is 1. The largest absolute Gasteiger partial charge is 0.497 e. The van der Waals surface area contributed by atoms with E-state index in [0.717, 1.165) is 5.39 Å². The minimum Gasteiger partial charge on any atom is -0.497 e. The van der Waals surface area contributed by atoms with Gasteiger partial charge >= 0.3 is 0 Å². The minimum atomic E-state index is -0.240. The Morgan fingerprint density at radius 3 is 2.71 bits per heavy atom. The summed E-state index contributed by atoms with van der Waals surface area (Å²) in [7, 11) is 1.58. The molecule has 0 aliphatic carbocycles.